The number of nitrogens with two attached hydrogens (primary N) is 1. The third-order valence-corrected chi connectivity index (χ3v) is 3.35. The van der Waals surface area contributed by atoms with Crippen molar-refractivity contribution >= 4 is 11.8 Å². The summed E-state index contributed by atoms with van der Waals surface area (Å²) in [4.78, 5) is 27.4. The van der Waals surface area contributed by atoms with Crippen LogP contribution in [0.25, 0.3) is 0 Å². The third-order valence-electron chi connectivity index (χ3n) is 3.35. The summed E-state index contributed by atoms with van der Waals surface area (Å²) in [6.45, 7) is 3.12. The lowest BCUT2D eigenvalue weighted by Gasteiger charge is -2.23. The molecule has 5 heteroatoms. The smallest absolute Gasteiger partial charge is 0.241 e. The lowest BCUT2D eigenvalue weighted by atomic mass is 10.0. The topological polar surface area (TPSA) is 66.6 Å². The number of carbonyl (C=O) groups is 2. The van der Waals surface area contributed by atoms with Crippen LogP contribution in [0, 0.1) is 0 Å². The zero-order valence-electron chi connectivity index (χ0n) is 13.1. The predicted octanol–water partition coefficient (Wildman–Crippen LogP) is 1.01. The first-order chi connectivity index (χ1) is 9.99. The van der Waals surface area contributed by atoms with Crippen LogP contribution in [0.4, 0.5) is 0 Å². The van der Waals surface area contributed by atoms with Gasteiger partial charge in [-0.1, -0.05) is 31.2 Å². The lowest BCUT2D eigenvalue weighted by Crippen LogP contribution is -2.41. The van der Waals surface area contributed by atoms with Crippen molar-refractivity contribution < 1.29 is 9.59 Å². The van der Waals surface area contributed by atoms with Crippen molar-refractivity contribution in [3.63, 3.8) is 0 Å². The minimum Gasteiger partial charge on any atom is -0.347 e. The zero-order chi connectivity index (χ0) is 15.8. The molecule has 116 valence electrons. The normalized spacial score (nSPS) is 10.3. The van der Waals surface area contributed by atoms with Crippen LogP contribution >= 0.6 is 0 Å². The molecule has 21 heavy (non-hydrogen) atoms. The molecule has 2 N–H and O–H groups in total. The van der Waals surface area contributed by atoms with Crippen LogP contribution in [0.15, 0.2) is 24.3 Å². The third kappa shape index (κ3) is 5.19. The van der Waals surface area contributed by atoms with Gasteiger partial charge < -0.3 is 15.5 Å². The highest BCUT2D eigenvalue weighted by Crippen LogP contribution is 2.10. The molecular formula is C16H25N3O2. The van der Waals surface area contributed by atoms with E-state index in [-0.39, 0.29) is 24.8 Å². The van der Waals surface area contributed by atoms with Crippen LogP contribution < -0.4 is 5.73 Å². The van der Waals surface area contributed by atoms with Gasteiger partial charge in [0.05, 0.1) is 13.0 Å². The van der Waals surface area contributed by atoms with Crippen LogP contribution in [-0.4, -0.2) is 48.8 Å². The molecule has 0 saturated carbocycles. The van der Waals surface area contributed by atoms with E-state index in [0.717, 1.165) is 17.5 Å². The van der Waals surface area contributed by atoms with E-state index in [4.69, 9.17) is 5.73 Å². The standard InChI is InChI=1S/C16H25N3O2/c1-4-9-19(12-16(21)18(2)3)15(20)10-13-7-5-6-8-14(13)11-17/h5-8H,4,9-12,17H2,1-3H3. The van der Waals surface area contributed by atoms with Crippen LogP contribution in [0.2, 0.25) is 0 Å². The number of nitrogens with zero attached hydrogens (tertiary/aromatic N) is 2. The Balaban J connectivity index is 2.79. The molecule has 1 rings (SSSR count). The number of hydrogen-bond acceptors (Lipinski definition) is 3. The first-order valence-electron chi connectivity index (χ1n) is 7.24. The van der Waals surface area contributed by atoms with E-state index >= 15 is 0 Å². The molecule has 0 aromatic heterocycles. The predicted molar refractivity (Wildman–Crippen MR) is 83.6 cm³/mol. The fourth-order valence-corrected chi connectivity index (χ4v) is 2.07. The van der Waals surface area contributed by atoms with Gasteiger partial charge >= 0.3 is 0 Å². The number of hydrogen-bond donors (Lipinski definition) is 1. The van der Waals surface area contributed by atoms with E-state index in [1.165, 1.54) is 4.90 Å². The molecule has 1 aromatic rings. The first kappa shape index (κ1) is 17.2. The average molecular weight is 291 g/mol. The van der Waals surface area contributed by atoms with Crippen molar-refractivity contribution in [1.82, 2.24) is 9.80 Å². The van der Waals surface area contributed by atoms with E-state index in [9.17, 15) is 9.59 Å². The van der Waals surface area contributed by atoms with Crippen molar-refractivity contribution in [2.45, 2.75) is 26.3 Å². The molecule has 1 aromatic carbocycles. The molecule has 0 aliphatic heterocycles. The molecule has 0 heterocycles. The van der Waals surface area contributed by atoms with E-state index in [1.807, 2.05) is 31.2 Å². The Labute approximate surface area is 126 Å². The zero-order valence-corrected chi connectivity index (χ0v) is 13.1. The minimum absolute atomic E-state index is 0.0343. The van der Waals surface area contributed by atoms with Gasteiger partial charge in [-0.05, 0) is 17.5 Å². The van der Waals surface area contributed by atoms with Crippen molar-refractivity contribution in [1.29, 1.82) is 0 Å². The maximum atomic E-state index is 12.4. The second-order valence-corrected chi connectivity index (χ2v) is 5.25. The van der Waals surface area contributed by atoms with Crippen molar-refractivity contribution in [3.8, 4) is 0 Å². The Morgan fingerprint density at radius 3 is 2.24 bits per heavy atom. The second kappa shape index (κ2) is 8.42. The van der Waals surface area contributed by atoms with Crippen LogP contribution in [0.5, 0.6) is 0 Å². The highest BCUT2D eigenvalue weighted by Gasteiger charge is 2.18. The summed E-state index contributed by atoms with van der Waals surface area (Å²) in [6, 6.07) is 7.65. The molecule has 0 aliphatic carbocycles. The van der Waals surface area contributed by atoms with E-state index in [2.05, 4.69) is 0 Å². The average Bonchev–Trinajstić information content (AvgIpc) is 2.47. The van der Waals surface area contributed by atoms with Gasteiger partial charge in [0.1, 0.15) is 0 Å². The SMILES string of the molecule is CCCN(CC(=O)N(C)C)C(=O)Cc1ccccc1CN. The summed E-state index contributed by atoms with van der Waals surface area (Å²) in [5.74, 6) is -0.100. The molecule has 5 nitrogen and oxygen atoms in total. The highest BCUT2D eigenvalue weighted by atomic mass is 16.2. The Morgan fingerprint density at radius 1 is 1.10 bits per heavy atom. The Bertz CT molecular complexity index is 486. The highest BCUT2D eigenvalue weighted by molar-refractivity contribution is 5.85. The molecule has 0 spiro atoms. The Morgan fingerprint density at radius 2 is 1.71 bits per heavy atom. The van der Waals surface area contributed by atoms with Gasteiger partial charge in [0.2, 0.25) is 11.8 Å². The number of amides is 2. The van der Waals surface area contributed by atoms with Crippen molar-refractivity contribution in [2.24, 2.45) is 5.73 Å². The minimum atomic E-state index is -0.0658. The van der Waals surface area contributed by atoms with Gasteiger partial charge in [-0.2, -0.15) is 0 Å². The second-order valence-electron chi connectivity index (χ2n) is 5.25. The van der Waals surface area contributed by atoms with Gasteiger partial charge in [-0.15, -0.1) is 0 Å². The fourth-order valence-electron chi connectivity index (χ4n) is 2.07. The van der Waals surface area contributed by atoms with E-state index in [0.29, 0.717) is 13.1 Å². The number of rotatable bonds is 7. The number of likely N-dealkylation sites (N-methyl/N-ethyl adjacent to an activating group) is 1. The fraction of sp³-hybridized carbons (Fsp3) is 0.500. The van der Waals surface area contributed by atoms with E-state index in [1.54, 1.807) is 19.0 Å². The summed E-state index contributed by atoms with van der Waals surface area (Å²) in [5, 5.41) is 0. The van der Waals surface area contributed by atoms with Crippen molar-refractivity contribution in [2.75, 3.05) is 27.2 Å². The molecule has 0 fully saturated rings. The molecular weight excluding hydrogens is 266 g/mol. The first-order valence-corrected chi connectivity index (χ1v) is 7.24. The van der Waals surface area contributed by atoms with Crippen molar-refractivity contribution in [3.05, 3.63) is 35.4 Å². The van der Waals surface area contributed by atoms with Crippen LogP contribution in [0.3, 0.4) is 0 Å². The summed E-state index contributed by atoms with van der Waals surface area (Å²) in [7, 11) is 3.39. The molecule has 0 bridgehead atoms. The largest absolute Gasteiger partial charge is 0.347 e. The Hall–Kier alpha value is -1.88. The van der Waals surface area contributed by atoms with Gasteiger partial charge in [0, 0.05) is 27.2 Å². The number of carbonyl (C=O) groups excluding carboxylic acids is 2. The van der Waals surface area contributed by atoms with Gasteiger partial charge in [-0.25, -0.2) is 0 Å². The monoisotopic (exact) mass is 291 g/mol. The van der Waals surface area contributed by atoms with Gasteiger partial charge in [-0.3, -0.25) is 9.59 Å². The Kier molecular flexibility index (Phi) is 6.88. The quantitative estimate of drug-likeness (QED) is 0.815. The lowest BCUT2D eigenvalue weighted by molar-refractivity contribution is -0.138. The summed E-state index contributed by atoms with van der Waals surface area (Å²) in [5.41, 5.74) is 7.60. The molecule has 0 radical (unpaired) electrons. The molecule has 0 aliphatic rings. The summed E-state index contributed by atoms with van der Waals surface area (Å²) >= 11 is 0. The molecule has 0 saturated heterocycles. The van der Waals surface area contributed by atoms with Gasteiger partial charge in [0.25, 0.3) is 0 Å². The summed E-state index contributed by atoms with van der Waals surface area (Å²) < 4.78 is 0. The van der Waals surface area contributed by atoms with Crippen LogP contribution in [-0.2, 0) is 22.6 Å². The molecule has 0 unspecified atom stereocenters. The van der Waals surface area contributed by atoms with E-state index < -0.39 is 0 Å². The van der Waals surface area contributed by atoms with Gasteiger partial charge in [0.15, 0.2) is 0 Å². The summed E-state index contributed by atoms with van der Waals surface area (Å²) in [6.07, 6.45) is 1.11. The number of benzene rings is 1. The molecule has 0 atom stereocenters. The molecule has 2 amide bonds. The van der Waals surface area contributed by atoms with Crippen LogP contribution in [0.1, 0.15) is 24.5 Å². The maximum absolute atomic E-state index is 12.4. The maximum Gasteiger partial charge on any atom is 0.241 e.